The molecule has 1 N–H and O–H groups in total. The van der Waals surface area contributed by atoms with E-state index in [0.717, 1.165) is 0 Å². The average molecular weight is 373 g/mol. The fourth-order valence-corrected chi connectivity index (χ4v) is 2.48. The van der Waals surface area contributed by atoms with Crippen LogP contribution in [0.1, 0.15) is 57.0 Å². The van der Waals surface area contributed by atoms with Gasteiger partial charge in [0.25, 0.3) is 5.91 Å². The lowest BCUT2D eigenvalue weighted by atomic mass is 9.80. The molecule has 1 atom stereocenters. The van der Waals surface area contributed by atoms with Gasteiger partial charge in [-0.2, -0.15) is 0 Å². The zero-order valence-electron chi connectivity index (χ0n) is 16.7. The van der Waals surface area contributed by atoms with Crippen molar-refractivity contribution >= 4 is 17.8 Å². The van der Waals surface area contributed by atoms with E-state index < -0.39 is 34.9 Å². The Kier molecular flexibility index (Phi) is 7.18. The Morgan fingerprint density at radius 3 is 2.11 bits per heavy atom. The fraction of sp³-hybridized carbons (Fsp3) is 0.476. The van der Waals surface area contributed by atoms with Crippen molar-refractivity contribution in [2.24, 2.45) is 5.41 Å². The van der Waals surface area contributed by atoms with Crippen LogP contribution in [0.25, 0.3) is 0 Å². The Hall–Kier alpha value is -2.81. The molecular weight excluding hydrogens is 346 g/mol. The number of rotatable bonds is 6. The molecule has 0 saturated heterocycles. The number of ether oxygens (including phenoxy) is 2. The van der Waals surface area contributed by atoms with Gasteiger partial charge in [-0.15, -0.1) is 6.42 Å². The summed E-state index contributed by atoms with van der Waals surface area (Å²) in [5, 5.41) is 2.66. The second-order valence-corrected chi connectivity index (χ2v) is 7.90. The van der Waals surface area contributed by atoms with Crippen LogP contribution in [0.3, 0.4) is 0 Å². The number of amides is 1. The Morgan fingerprint density at radius 1 is 1.11 bits per heavy atom. The van der Waals surface area contributed by atoms with Crippen molar-refractivity contribution in [3.05, 3.63) is 35.4 Å². The molecule has 146 valence electrons. The van der Waals surface area contributed by atoms with Crippen molar-refractivity contribution in [1.29, 1.82) is 0 Å². The first kappa shape index (κ1) is 22.2. The van der Waals surface area contributed by atoms with Gasteiger partial charge in [-0.25, -0.2) is 4.79 Å². The van der Waals surface area contributed by atoms with E-state index in [1.165, 1.54) is 7.11 Å². The van der Waals surface area contributed by atoms with Crippen LogP contribution in [0, 0.1) is 17.8 Å². The molecule has 0 fully saturated rings. The summed E-state index contributed by atoms with van der Waals surface area (Å²) in [6.45, 7) is 8.67. The number of hydrogen-bond donors (Lipinski definition) is 1. The van der Waals surface area contributed by atoms with Gasteiger partial charge in [0.1, 0.15) is 11.6 Å². The molecule has 1 amide bonds. The molecule has 0 saturated carbocycles. The predicted molar refractivity (Wildman–Crippen MR) is 102 cm³/mol. The van der Waals surface area contributed by atoms with Crippen LogP contribution in [-0.4, -0.2) is 36.6 Å². The molecule has 1 rings (SSSR count). The van der Waals surface area contributed by atoms with Gasteiger partial charge >= 0.3 is 11.9 Å². The number of carbonyl (C=O) groups is 3. The highest BCUT2D eigenvalue weighted by Gasteiger charge is 2.40. The quantitative estimate of drug-likeness (QED) is 0.612. The van der Waals surface area contributed by atoms with Gasteiger partial charge in [0, 0.05) is 16.5 Å². The minimum atomic E-state index is -1.03. The van der Waals surface area contributed by atoms with Gasteiger partial charge in [-0.1, -0.05) is 19.8 Å². The van der Waals surface area contributed by atoms with Crippen molar-refractivity contribution in [2.75, 3.05) is 7.11 Å². The van der Waals surface area contributed by atoms with E-state index in [0.29, 0.717) is 11.1 Å². The average Bonchev–Trinajstić information content (AvgIpc) is 2.56. The van der Waals surface area contributed by atoms with Gasteiger partial charge in [-0.05, 0) is 45.0 Å². The van der Waals surface area contributed by atoms with Crippen molar-refractivity contribution in [2.45, 2.75) is 52.7 Å². The van der Waals surface area contributed by atoms with Crippen molar-refractivity contribution in [3.63, 3.8) is 0 Å². The first-order valence-corrected chi connectivity index (χ1v) is 8.57. The van der Waals surface area contributed by atoms with Crippen LogP contribution in [0.2, 0.25) is 0 Å². The van der Waals surface area contributed by atoms with Crippen molar-refractivity contribution in [1.82, 2.24) is 5.32 Å². The number of benzene rings is 1. The Labute approximate surface area is 160 Å². The van der Waals surface area contributed by atoms with Gasteiger partial charge < -0.3 is 14.8 Å². The van der Waals surface area contributed by atoms with E-state index >= 15 is 0 Å². The summed E-state index contributed by atoms with van der Waals surface area (Å²) in [7, 11) is 1.23. The molecule has 1 aromatic carbocycles. The zero-order valence-corrected chi connectivity index (χ0v) is 16.7. The van der Waals surface area contributed by atoms with Crippen molar-refractivity contribution < 1.29 is 23.9 Å². The molecule has 1 aromatic rings. The normalized spacial score (nSPS) is 12.5. The number of methoxy groups -OCH3 is 1. The minimum Gasteiger partial charge on any atom is -0.467 e. The number of nitrogens with one attached hydrogen (secondary N) is 1. The monoisotopic (exact) mass is 373 g/mol. The number of esters is 2. The lowest BCUT2D eigenvalue weighted by Crippen LogP contribution is -2.51. The number of carbonyl (C=O) groups excluding carboxylic acids is 3. The molecular formula is C21H27NO5. The molecule has 0 spiro atoms. The van der Waals surface area contributed by atoms with Crippen LogP contribution >= 0.6 is 0 Å². The van der Waals surface area contributed by atoms with Crippen LogP contribution in [0.4, 0.5) is 0 Å². The maximum Gasteiger partial charge on any atom is 0.328 e. The summed E-state index contributed by atoms with van der Waals surface area (Å²) >= 11 is 0. The van der Waals surface area contributed by atoms with E-state index in [2.05, 4.69) is 11.2 Å². The lowest BCUT2D eigenvalue weighted by Gasteiger charge is -2.33. The van der Waals surface area contributed by atoms with Gasteiger partial charge in [0.05, 0.1) is 13.5 Å². The Balaban J connectivity index is 2.99. The molecule has 6 nitrogen and oxygen atoms in total. The van der Waals surface area contributed by atoms with Gasteiger partial charge in [0.2, 0.25) is 0 Å². The summed E-state index contributed by atoms with van der Waals surface area (Å²) in [6.07, 6.45) is 5.24. The molecule has 0 aliphatic carbocycles. The lowest BCUT2D eigenvalue weighted by molar-refractivity contribution is -0.159. The summed E-state index contributed by atoms with van der Waals surface area (Å²) in [4.78, 5) is 37.0. The first-order valence-electron chi connectivity index (χ1n) is 8.57. The van der Waals surface area contributed by atoms with E-state index in [1.807, 2.05) is 0 Å². The molecule has 0 aromatic heterocycles. The zero-order chi connectivity index (χ0) is 20.8. The highest BCUT2D eigenvalue weighted by molar-refractivity contribution is 5.97. The topological polar surface area (TPSA) is 81.7 Å². The third-order valence-electron chi connectivity index (χ3n) is 3.83. The molecule has 6 heteroatoms. The van der Waals surface area contributed by atoms with Crippen LogP contribution in [-0.2, 0) is 19.1 Å². The predicted octanol–water partition coefficient (Wildman–Crippen LogP) is 2.70. The summed E-state index contributed by atoms with van der Waals surface area (Å²) in [5.74, 6) is 0.897. The summed E-state index contributed by atoms with van der Waals surface area (Å²) < 4.78 is 10.2. The van der Waals surface area contributed by atoms with Gasteiger partial charge in [-0.3, -0.25) is 9.59 Å². The van der Waals surface area contributed by atoms with Crippen LogP contribution in [0.5, 0.6) is 0 Å². The standard InChI is InChI=1S/C21H27NO5/c1-8-14-9-11-15(12-10-14)18(24)22-17(19(25)26-7)21(5,6)13-16(23)27-20(2,3)4/h1,9-12,17H,13H2,2-7H3,(H,22,24)/t17-/m1/s1. The maximum absolute atomic E-state index is 12.5. The SMILES string of the molecule is C#Cc1ccc(C(=O)N[C@H](C(=O)OC)C(C)(C)CC(=O)OC(C)(C)C)cc1. The van der Waals surface area contributed by atoms with E-state index in [4.69, 9.17) is 15.9 Å². The van der Waals surface area contributed by atoms with E-state index in [1.54, 1.807) is 58.9 Å². The summed E-state index contributed by atoms with van der Waals surface area (Å²) in [5.41, 5.74) is -0.586. The van der Waals surface area contributed by atoms with Crippen LogP contribution < -0.4 is 5.32 Å². The molecule has 0 heterocycles. The molecule has 27 heavy (non-hydrogen) atoms. The highest BCUT2D eigenvalue weighted by atomic mass is 16.6. The largest absolute Gasteiger partial charge is 0.467 e. The van der Waals surface area contributed by atoms with E-state index in [-0.39, 0.29) is 6.42 Å². The number of hydrogen-bond acceptors (Lipinski definition) is 5. The second kappa shape index (κ2) is 8.72. The molecule has 0 aliphatic heterocycles. The maximum atomic E-state index is 12.5. The second-order valence-electron chi connectivity index (χ2n) is 7.90. The van der Waals surface area contributed by atoms with E-state index in [9.17, 15) is 14.4 Å². The third-order valence-corrected chi connectivity index (χ3v) is 3.83. The molecule has 0 aliphatic rings. The Bertz CT molecular complexity index is 735. The van der Waals surface area contributed by atoms with Crippen LogP contribution in [0.15, 0.2) is 24.3 Å². The molecule has 0 bridgehead atoms. The van der Waals surface area contributed by atoms with Gasteiger partial charge in [0.15, 0.2) is 0 Å². The van der Waals surface area contributed by atoms with Crippen molar-refractivity contribution in [3.8, 4) is 12.3 Å². The Morgan fingerprint density at radius 2 is 1.67 bits per heavy atom. The summed E-state index contributed by atoms with van der Waals surface area (Å²) in [6, 6.07) is 5.37. The highest BCUT2D eigenvalue weighted by Crippen LogP contribution is 2.28. The molecule has 0 unspecified atom stereocenters. The first-order chi connectivity index (χ1) is 12.4. The fourth-order valence-electron chi connectivity index (χ4n) is 2.48. The minimum absolute atomic E-state index is 0.0691. The smallest absolute Gasteiger partial charge is 0.328 e. The number of terminal acetylenes is 1. The third kappa shape index (κ3) is 6.78. The molecule has 0 radical (unpaired) electrons.